The van der Waals surface area contributed by atoms with Crippen LogP contribution in [0.25, 0.3) is 0 Å². The minimum absolute atomic E-state index is 0.0318. The third kappa shape index (κ3) is 4.48. The molecule has 0 radical (unpaired) electrons. The molecule has 0 aromatic heterocycles. The van der Waals surface area contributed by atoms with Gasteiger partial charge in [0.05, 0.1) is 6.54 Å². The molecule has 186 valence electrons. The lowest BCUT2D eigenvalue weighted by Crippen LogP contribution is -2.73. The second-order valence-corrected chi connectivity index (χ2v) is 13.3. The summed E-state index contributed by atoms with van der Waals surface area (Å²) in [7, 11) is 0. The normalized spacial score (nSPS) is 29.9. The van der Waals surface area contributed by atoms with Crippen molar-refractivity contribution in [2.24, 2.45) is 5.92 Å². The van der Waals surface area contributed by atoms with E-state index in [9.17, 15) is 13.2 Å². The minimum Gasteiger partial charge on any atom is -0.295 e. The Bertz CT molecular complexity index is 684. The molecule has 32 heavy (non-hydrogen) atoms. The van der Waals surface area contributed by atoms with Crippen LogP contribution in [0.15, 0.2) is 0 Å². The van der Waals surface area contributed by atoms with Gasteiger partial charge in [-0.05, 0) is 86.6 Å². The zero-order chi connectivity index (χ0) is 23.7. The van der Waals surface area contributed by atoms with Crippen LogP contribution in [-0.2, 0) is 0 Å². The lowest BCUT2D eigenvalue weighted by Gasteiger charge is -2.59. The van der Waals surface area contributed by atoms with Gasteiger partial charge in [-0.25, -0.2) is 0 Å². The van der Waals surface area contributed by atoms with Crippen molar-refractivity contribution in [3.05, 3.63) is 0 Å². The lowest BCUT2D eigenvalue weighted by molar-refractivity contribution is -0.174. The molecule has 0 amide bonds. The van der Waals surface area contributed by atoms with Gasteiger partial charge in [0, 0.05) is 60.9 Å². The van der Waals surface area contributed by atoms with E-state index in [1.165, 1.54) is 6.42 Å². The summed E-state index contributed by atoms with van der Waals surface area (Å²) in [6, 6.07) is 0.548. The summed E-state index contributed by atoms with van der Waals surface area (Å²) < 4.78 is 39.2. The van der Waals surface area contributed by atoms with Gasteiger partial charge in [0.15, 0.2) is 0 Å². The van der Waals surface area contributed by atoms with Crippen LogP contribution in [0.3, 0.4) is 0 Å². The smallest absolute Gasteiger partial charge is 0.295 e. The Morgan fingerprint density at radius 1 is 0.906 bits per heavy atom. The molecule has 0 aromatic carbocycles. The Balaban J connectivity index is 1.36. The molecule has 4 aliphatic heterocycles. The number of nitrogens with zero attached hydrogens (tertiary/aromatic N) is 4. The quantitative estimate of drug-likeness (QED) is 0.603. The molecule has 4 heterocycles. The SMILES string of the molecule is CC(C)N1CC(CC(C)(C)N2CC3(CCCN3CC(F)(F)F)C2)CC12CN(C(C)(C)C)C2. The number of hydrogen-bond donors (Lipinski definition) is 0. The fourth-order valence-corrected chi connectivity index (χ4v) is 7.28. The molecule has 0 bridgehead atoms. The van der Waals surface area contributed by atoms with Gasteiger partial charge in [-0.2, -0.15) is 13.2 Å². The molecular weight excluding hydrogens is 413 g/mol. The zero-order valence-electron chi connectivity index (χ0n) is 21.4. The topological polar surface area (TPSA) is 13.0 Å². The molecule has 0 aromatic rings. The van der Waals surface area contributed by atoms with Crippen molar-refractivity contribution in [1.82, 2.24) is 19.6 Å². The fourth-order valence-electron chi connectivity index (χ4n) is 7.28. The predicted molar refractivity (Wildman–Crippen MR) is 124 cm³/mol. The third-order valence-electron chi connectivity index (χ3n) is 9.00. The predicted octanol–water partition coefficient (Wildman–Crippen LogP) is 4.45. The van der Waals surface area contributed by atoms with Crippen molar-refractivity contribution in [2.75, 3.05) is 45.8 Å². The summed E-state index contributed by atoms with van der Waals surface area (Å²) in [5.41, 5.74) is 0.326. The van der Waals surface area contributed by atoms with E-state index in [0.29, 0.717) is 24.0 Å². The van der Waals surface area contributed by atoms with Crippen LogP contribution in [0.4, 0.5) is 13.2 Å². The van der Waals surface area contributed by atoms with Crippen LogP contribution in [0, 0.1) is 5.92 Å². The Labute approximate surface area is 193 Å². The molecule has 0 saturated carbocycles. The zero-order valence-corrected chi connectivity index (χ0v) is 21.4. The van der Waals surface area contributed by atoms with Crippen molar-refractivity contribution in [3.8, 4) is 0 Å². The lowest BCUT2D eigenvalue weighted by atomic mass is 9.76. The van der Waals surface area contributed by atoms with Gasteiger partial charge in [0.1, 0.15) is 0 Å². The largest absolute Gasteiger partial charge is 0.401 e. The van der Waals surface area contributed by atoms with Crippen LogP contribution in [0.5, 0.6) is 0 Å². The molecule has 7 heteroatoms. The number of likely N-dealkylation sites (tertiary alicyclic amines) is 4. The Hall–Kier alpha value is -0.370. The Morgan fingerprint density at radius 2 is 1.50 bits per heavy atom. The van der Waals surface area contributed by atoms with Crippen molar-refractivity contribution in [1.29, 1.82) is 0 Å². The van der Waals surface area contributed by atoms with Gasteiger partial charge >= 0.3 is 6.18 Å². The maximum atomic E-state index is 13.1. The van der Waals surface area contributed by atoms with E-state index in [1.54, 1.807) is 4.90 Å². The average Bonchev–Trinajstić information content (AvgIpc) is 3.10. The van der Waals surface area contributed by atoms with Crippen molar-refractivity contribution in [2.45, 2.75) is 109 Å². The van der Waals surface area contributed by atoms with E-state index >= 15 is 0 Å². The van der Waals surface area contributed by atoms with Crippen LogP contribution >= 0.6 is 0 Å². The average molecular weight is 459 g/mol. The summed E-state index contributed by atoms with van der Waals surface area (Å²) in [6.45, 7) is 21.1. The molecule has 0 aliphatic carbocycles. The molecule has 4 fully saturated rings. The van der Waals surface area contributed by atoms with Crippen LogP contribution in [-0.4, -0.2) is 99.8 Å². The summed E-state index contributed by atoms with van der Waals surface area (Å²) in [5, 5.41) is 0. The van der Waals surface area contributed by atoms with Crippen molar-refractivity contribution >= 4 is 0 Å². The first-order valence-electron chi connectivity index (χ1n) is 12.6. The molecule has 4 saturated heterocycles. The van der Waals surface area contributed by atoms with Crippen molar-refractivity contribution in [3.63, 3.8) is 0 Å². The van der Waals surface area contributed by atoms with E-state index in [2.05, 4.69) is 63.2 Å². The maximum Gasteiger partial charge on any atom is 0.401 e. The highest BCUT2D eigenvalue weighted by atomic mass is 19.4. The van der Waals surface area contributed by atoms with Gasteiger partial charge in [0.25, 0.3) is 0 Å². The molecule has 4 rings (SSSR count). The number of halogens is 3. The molecule has 4 nitrogen and oxygen atoms in total. The Kier molecular flexibility index (Phi) is 6.05. The third-order valence-corrected chi connectivity index (χ3v) is 9.00. The molecule has 1 atom stereocenters. The number of rotatable bonds is 5. The van der Waals surface area contributed by atoms with Gasteiger partial charge in [0.2, 0.25) is 0 Å². The summed E-state index contributed by atoms with van der Waals surface area (Å²) in [4.78, 5) is 9.54. The van der Waals surface area contributed by atoms with E-state index in [-0.39, 0.29) is 16.6 Å². The number of alkyl halides is 3. The molecule has 1 unspecified atom stereocenters. The van der Waals surface area contributed by atoms with Gasteiger partial charge in [-0.3, -0.25) is 19.6 Å². The van der Waals surface area contributed by atoms with E-state index in [0.717, 1.165) is 52.0 Å². The first-order valence-corrected chi connectivity index (χ1v) is 12.6. The highest BCUT2D eigenvalue weighted by molar-refractivity contribution is 5.15. The standard InChI is InChI=1S/C25H45F3N4/c1-19(2)32-13-20(12-24(32)16-30(17-24)21(3,4)5)11-22(6,7)31-14-23(15-31)9-8-10-29(23)18-25(26,27)28/h19-20H,8-18H2,1-7H3. The molecule has 2 spiro atoms. The molecular formula is C25H45F3N4. The molecule has 0 N–H and O–H groups in total. The minimum atomic E-state index is -4.10. The number of hydrogen-bond acceptors (Lipinski definition) is 4. The maximum absolute atomic E-state index is 13.1. The van der Waals surface area contributed by atoms with E-state index < -0.39 is 12.7 Å². The first kappa shape index (κ1) is 24.7. The fraction of sp³-hybridized carbons (Fsp3) is 1.00. The van der Waals surface area contributed by atoms with Gasteiger partial charge < -0.3 is 0 Å². The monoisotopic (exact) mass is 458 g/mol. The highest BCUT2D eigenvalue weighted by Crippen LogP contribution is 2.48. The second-order valence-electron chi connectivity index (χ2n) is 13.3. The summed E-state index contributed by atoms with van der Waals surface area (Å²) in [5.74, 6) is 0.654. The van der Waals surface area contributed by atoms with E-state index in [4.69, 9.17) is 0 Å². The van der Waals surface area contributed by atoms with Crippen LogP contribution in [0.2, 0.25) is 0 Å². The first-order chi connectivity index (χ1) is 14.6. The van der Waals surface area contributed by atoms with Crippen LogP contribution < -0.4 is 0 Å². The van der Waals surface area contributed by atoms with Gasteiger partial charge in [-0.15, -0.1) is 0 Å². The van der Waals surface area contributed by atoms with Gasteiger partial charge in [-0.1, -0.05) is 0 Å². The van der Waals surface area contributed by atoms with Crippen molar-refractivity contribution < 1.29 is 13.2 Å². The highest BCUT2D eigenvalue weighted by Gasteiger charge is 2.58. The summed E-state index contributed by atoms with van der Waals surface area (Å²) in [6.07, 6.45) is 0.0771. The Morgan fingerprint density at radius 3 is 2.03 bits per heavy atom. The van der Waals surface area contributed by atoms with E-state index in [1.807, 2.05) is 0 Å². The summed E-state index contributed by atoms with van der Waals surface area (Å²) >= 11 is 0. The second kappa shape index (κ2) is 7.82. The molecule has 4 aliphatic rings. The van der Waals surface area contributed by atoms with Crippen LogP contribution in [0.1, 0.15) is 74.1 Å².